The number of halogens is 1. The fourth-order valence-electron chi connectivity index (χ4n) is 1.96. The number of nitrogens with two attached hydrogens (primary N) is 1. The van der Waals surface area contributed by atoms with Gasteiger partial charge in [-0.1, -0.05) is 17.7 Å². The summed E-state index contributed by atoms with van der Waals surface area (Å²) in [6.07, 6.45) is 1.95. The number of nitrogens with one attached hydrogen (secondary N) is 1. The van der Waals surface area contributed by atoms with Crippen molar-refractivity contribution < 1.29 is 4.79 Å². The molecule has 1 aromatic carbocycles. The molecule has 1 aliphatic rings. The Morgan fingerprint density at radius 1 is 1.53 bits per heavy atom. The number of carbonyl (C=O) groups excluding carboxylic acids is 1. The van der Waals surface area contributed by atoms with Crippen molar-refractivity contribution in [3.8, 4) is 0 Å². The van der Waals surface area contributed by atoms with Crippen molar-refractivity contribution >= 4 is 23.3 Å². The zero-order valence-electron chi connectivity index (χ0n) is 9.53. The molecule has 4 nitrogen and oxygen atoms in total. The highest BCUT2D eigenvalue weighted by atomic mass is 35.5. The van der Waals surface area contributed by atoms with Crippen LogP contribution in [0.15, 0.2) is 24.3 Å². The highest BCUT2D eigenvalue weighted by molar-refractivity contribution is 6.30. The number of rotatable bonds is 1. The smallest absolute Gasteiger partial charge is 0.321 e. The number of urea groups is 1. The van der Waals surface area contributed by atoms with Gasteiger partial charge in [-0.3, -0.25) is 0 Å². The maximum atomic E-state index is 11.9. The molecule has 5 heteroatoms. The molecule has 1 heterocycles. The van der Waals surface area contributed by atoms with E-state index < -0.39 is 0 Å². The van der Waals surface area contributed by atoms with Gasteiger partial charge in [-0.25, -0.2) is 4.79 Å². The Morgan fingerprint density at radius 3 is 3.06 bits per heavy atom. The summed E-state index contributed by atoms with van der Waals surface area (Å²) in [5.41, 5.74) is 6.55. The summed E-state index contributed by atoms with van der Waals surface area (Å²) in [7, 11) is 0. The van der Waals surface area contributed by atoms with E-state index in [0.717, 1.165) is 19.4 Å². The van der Waals surface area contributed by atoms with E-state index in [9.17, 15) is 4.79 Å². The minimum absolute atomic E-state index is 0.0915. The second kappa shape index (κ2) is 5.38. The highest BCUT2D eigenvalue weighted by Crippen LogP contribution is 2.16. The van der Waals surface area contributed by atoms with Crippen LogP contribution < -0.4 is 11.1 Å². The second-order valence-electron chi connectivity index (χ2n) is 4.29. The van der Waals surface area contributed by atoms with Crippen molar-refractivity contribution in [1.29, 1.82) is 0 Å². The zero-order chi connectivity index (χ0) is 12.3. The molecule has 1 aliphatic heterocycles. The number of likely N-dealkylation sites (tertiary alicyclic amines) is 1. The minimum atomic E-state index is -0.109. The second-order valence-corrected chi connectivity index (χ2v) is 4.73. The van der Waals surface area contributed by atoms with Crippen molar-refractivity contribution in [2.45, 2.75) is 18.9 Å². The number of carbonyl (C=O) groups is 1. The molecule has 92 valence electrons. The van der Waals surface area contributed by atoms with Gasteiger partial charge in [-0.05, 0) is 31.0 Å². The predicted molar refractivity (Wildman–Crippen MR) is 69.3 cm³/mol. The van der Waals surface area contributed by atoms with Crippen LogP contribution in [0, 0.1) is 0 Å². The van der Waals surface area contributed by atoms with Gasteiger partial charge in [0.1, 0.15) is 0 Å². The third-order valence-corrected chi connectivity index (χ3v) is 3.06. The van der Waals surface area contributed by atoms with Gasteiger partial charge < -0.3 is 16.0 Å². The van der Waals surface area contributed by atoms with Crippen LogP contribution >= 0.6 is 11.6 Å². The van der Waals surface area contributed by atoms with Gasteiger partial charge in [0.25, 0.3) is 0 Å². The first kappa shape index (κ1) is 12.2. The van der Waals surface area contributed by atoms with Gasteiger partial charge in [0, 0.05) is 29.8 Å². The van der Waals surface area contributed by atoms with Gasteiger partial charge in [0.2, 0.25) is 0 Å². The lowest BCUT2D eigenvalue weighted by atomic mass is 10.1. The van der Waals surface area contributed by atoms with Gasteiger partial charge in [0.05, 0.1) is 0 Å². The van der Waals surface area contributed by atoms with Crippen LogP contribution in [-0.4, -0.2) is 30.1 Å². The number of nitrogens with zero attached hydrogens (tertiary/aromatic N) is 1. The quantitative estimate of drug-likeness (QED) is 0.807. The molecule has 0 aromatic heterocycles. The summed E-state index contributed by atoms with van der Waals surface area (Å²) >= 11 is 5.85. The van der Waals surface area contributed by atoms with E-state index in [0.29, 0.717) is 17.3 Å². The molecular formula is C12H16ClN3O. The summed E-state index contributed by atoms with van der Waals surface area (Å²) in [5, 5.41) is 3.43. The van der Waals surface area contributed by atoms with Crippen molar-refractivity contribution in [3.63, 3.8) is 0 Å². The van der Waals surface area contributed by atoms with Crippen LogP contribution in [0.25, 0.3) is 0 Å². The summed E-state index contributed by atoms with van der Waals surface area (Å²) in [6, 6.07) is 7.10. The molecule has 1 saturated heterocycles. The largest absolute Gasteiger partial charge is 0.326 e. The third-order valence-electron chi connectivity index (χ3n) is 2.82. The van der Waals surface area contributed by atoms with Gasteiger partial charge in [-0.2, -0.15) is 0 Å². The number of hydrogen-bond donors (Lipinski definition) is 2. The summed E-state index contributed by atoms with van der Waals surface area (Å²) < 4.78 is 0. The lowest BCUT2D eigenvalue weighted by Crippen LogP contribution is -2.47. The lowest BCUT2D eigenvalue weighted by Gasteiger charge is -2.30. The summed E-state index contributed by atoms with van der Waals surface area (Å²) in [4.78, 5) is 13.7. The summed E-state index contributed by atoms with van der Waals surface area (Å²) in [6.45, 7) is 1.38. The van der Waals surface area contributed by atoms with Crippen molar-refractivity contribution in [2.75, 3.05) is 18.4 Å². The molecule has 0 unspecified atom stereocenters. The number of piperidine rings is 1. The van der Waals surface area contributed by atoms with Crippen molar-refractivity contribution in [1.82, 2.24) is 4.90 Å². The molecule has 0 spiro atoms. The maximum absolute atomic E-state index is 11.9. The molecule has 1 atom stereocenters. The molecule has 2 rings (SSSR count). The normalized spacial score (nSPS) is 20.1. The first-order valence-electron chi connectivity index (χ1n) is 5.72. The van der Waals surface area contributed by atoms with Gasteiger partial charge in [-0.15, -0.1) is 0 Å². The topological polar surface area (TPSA) is 58.4 Å². The molecule has 1 fully saturated rings. The van der Waals surface area contributed by atoms with E-state index in [1.165, 1.54) is 0 Å². The molecule has 0 aliphatic carbocycles. The van der Waals surface area contributed by atoms with E-state index in [2.05, 4.69) is 5.32 Å². The van der Waals surface area contributed by atoms with E-state index in [-0.39, 0.29) is 12.1 Å². The van der Waals surface area contributed by atoms with E-state index in [1.807, 2.05) is 6.07 Å². The van der Waals surface area contributed by atoms with E-state index in [1.54, 1.807) is 23.1 Å². The number of amides is 2. The molecule has 0 radical (unpaired) electrons. The average molecular weight is 254 g/mol. The number of anilines is 1. The SMILES string of the molecule is N[C@@H]1CCCN(C(=O)Nc2cccc(Cl)c2)C1. The third kappa shape index (κ3) is 3.35. The molecule has 0 bridgehead atoms. The Labute approximate surface area is 106 Å². The Balaban J connectivity index is 1.96. The average Bonchev–Trinajstić information content (AvgIpc) is 2.29. The van der Waals surface area contributed by atoms with E-state index in [4.69, 9.17) is 17.3 Å². The van der Waals surface area contributed by atoms with E-state index >= 15 is 0 Å². The van der Waals surface area contributed by atoms with Gasteiger partial charge in [0.15, 0.2) is 0 Å². The predicted octanol–water partition coefficient (Wildman–Crippen LogP) is 2.29. The fraction of sp³-hybridized carbons (Fsp3) is 0.417. The van der Waals surface area contributed by atoms with Crippen LogP contribution in [0.1, 0.15) is 12.8 Å². The number of hydrogen-bond acceptors (Lipinski definition) is 2. The fourth-order valence-corrected chi connectivity index (χ4v) is 2.15. The molecular weight excluding hydrogens is 238 g/mol. The molecule has 0 saturated carbocycles. The van der Waals surface area contributed by atoms with Crippen LogP contribution in [-0.2, 0) is 0 Å². The molecule has 2 amide bonds. The zero-order valence-corrected chi connectivity index (χ0v) is 10.3. The van der Waals surface area contributed by atoms with Crippen LogP contribution in [0.5, 0.6) is 0 Å². The summed E-state index contributed by atoms with van der Waals surface area (Å²) in [5.74, 6) is 0. The Kier molecular flexibility index (Phi) is 3.86. The van der Waals surface area contributed by atoms with Gasteiger partial charge >= 0.3 is 6.03 Å². The monoisotopic (exact) mass is 253 g/mol. The molecule has 3 N–H and O–H groups in total. The standard InChI is InChI=1S/C12H16ClN3O/c13-9-3-1-5-11(7-9)15-12(17)16-6-2-4-10(14)8-16/h1,3,5,7,10H,2,4,6,8,14H2,(H,15,17)/t10-/m1/s1. The maximum Gasteiger partial charge on any atom is 0.321 e. The van der Waals surface area contributed by atoms with Crippen molar-refractivity contribution in [2.24, 2.45) is 5.73 Å². The van der Waals surface area contributed by atoms with Crippen LogP contribution in [0.2, 0.25) is 5.02 Å². The Morgan fingerprint density at radius 2 is 2.35 bits per heavy atom. The lowest BCUT2D eigenvalue weighted by molar-refractivity contribution is 0.193. The molecule has 1 aromatic rings. The first-order valence-corrected chi connectivity index (χ1v) is 6.10. The van der Waals surface area contributed by atoms with Crippen LogP contribution in [0.4, 0.5) is 10.5 Å². The Bertz CT molecular complexity index is 410. The number of benzene rings is 1. The Hall–Kier alpha value is -1.26. The van der Waals surface area contributed by atoms with Crippen LogP contribution in [0.3, 0.4) is 0 Å². The minimum Gasteiger partial charge on any atom is -0.326 e. The van der Waals surface area contributed by atoms with Crippen molar-refractivity contribution in [3.05, 3.63) is 29.3 Å². The molecule has 17 heavy (non-hydrogen) atoms. The highest BCUT2D eigenvalue weighted by Gasteiger charge is 2.21. The first-order chi connectivity index (χ1) is 8.15.